The summed E-state index contributed by atoms with van der Waals surface area (Å²) in [5.41, 5.74) is 0.790. The maximum Gasteiger partial charge on any atom is 0.123 e. The van der Waals surface area contributed by atoms with Gasteiger partial charge in [-0.3, -0.25) is 4.90 Å². The van der Waals surface area contributed by atoms with Crippen LogP contribution in [0.3, 0.4) is 0 Å². The Morgan fingerprint density at radius 3 is 2.81 bits per heavy atom. The topological polar surface area (TPSA) is 63.9 Å². The van der Waals surface area contributed by atoms with E-state index in [4.69, 9.17) is 0 Å². The molecule has 0 aromatic heterocycles. The molecule has 0 radical (unpaired) electrons. The summed E-state index contributed by atoms with van der Waals surface area (Å²) in [7, 11) is 0. The lowest BCUT2D eigenvalue weighted by Crippen LogP contribution is -2.31. The zero-order chi connectivity index (χ0) is 11.5. The lowest BCUT2D eigenvalue weighted by molar-refractivity contribution is 0.152. The minimum absolute atomic E-state index is 0.0707. The summed E-state index contributed by atoms with van der Waals surface area (Å²) in [6.07, 6.45) is 2.10. The average molecular weight is 223 g/mol. The second-order valence-corrected chi connectivity index (χ2v) is 4.26. The lowest BCUT2D eigenvalue weighted by Gasteiger charge is -2.22. The molecular formula is C12H17NO3. The first-order chi connectivity index (χ1) is 7.70. The number of likely N-dealkylation sites (tertiary alicyclic amines) is 1. The first kappa shape index (κ1) is 11.2. The van der Waals surface area contributed by atoms with Crippen LogP contribution in [0.5, 0.6) is 11.5 Å². The second kappa shape index (κ2) is 4.72. The molecule has 88 valence electrons. The third kappa shape index (κ3) is 2.28. The minimum atomic E-state index is 0.0707. The minimum Gasteiger partial charge on any atom is -0.508 e. The van der Waals surface area contributed by atoms with Crippen molar-refractivity contribution < 1.29 is 15.3 Å². The Kier molecular flexibility index (Phi) is 3.31. The summed E-state index contributed by atoms with van der Waals surface area (Å²) in [6, 6.07) is 4.84. The Labute approximate surface area is 94.8 Å². The van der Waals surface area contributed by atoms with Crippen LogP contribution in [-0.4, -0.2) is 39.4 Å². The molecule has 1 heterocycles. The number of nitrogens with zero attached hydrogens (tertiary/aromatic N) is 1. The first-order valence-corrected chi connectivity index (χ1v) is 5.56. The largest absolute Gasteiger partial charge is 0.508 e. The molecule has 3 N–H and O–H groups in total. The predicted molar refractivity (Wildman–Crippen MR) is 60.3 cm³/mol. The second-order valence-electron chi connectivity index (χ2n) is 4.26. The van der Waals surface area contributed by atoms with Crippen molar-refractivity contribution in [2.45, 2.75) is 25.4 Å². The Hall–Kier alpha value is -1.26. The van der Waals surface area contributed by atoms with Crippen LogP contribution >= 0.6 is 0 Å². The van der Waals surface area contributed by atoms with Gasteiger partial charge in [-0.05, 0) is 25.5 Å². The molecule has 1 saturated heterocycles. The van der Waals surface area contributed by atoms with Crippen LogP contribution in [0.15, 0.2) is 18.2 Å². The highest BCUT2D eigenvalue weighted by Gasteiger charge is 2.24. The number of aliphatic hydroxyl groups is 1. The van der Waals surface area contributed by atoms with E-state index < -0.39 is 0 Å². The molecule has 0 aliphatic carbocycles. The number of aromatic hydroxyl groups is 2. The molecule has 0 bridgehead atoms. The summed E-state index contributed by atoms with van der Waals surface area (Å²) in [4.78, 5) is 2.16. The van der Waals surface area contributed by atoms with E-state index in [0.717, 1.165) is 24.9 Å². The van der Waals surface area contributed by atoms with Crippen molar-refractivity contribution in [3.05, 3.63) is 23.8 Å². The van der Waals surface area contributed by atoms with Crippen LogP contribution < -0.4 is 0 Å². The fraction of sp³-hybridized carbons (Fsp3) is 0.500. The van der Waals surface area contributed by atoms with Gasteiger partial charge in [-0.15, -0.1) is 0 Å². The Morgan fingerprint density at radius 2 is 2.12 bits per heavy atom. The summed E-state index contributed by atoms with van der Waals surface area (Å²) < 4.78 is 0. The Morgan fingerprint density at radius 1 is 1.31 bits per heavy atom. The normalized spacial score (nSPS) is 21.4. The van der Waals surface area contributed by atoms with E-state index in [1.165, 1.54) is 6.07 Å². The van der Waals surface area contributed by atoms with Gasteiger partial charge < -0.3 is 15.3 Å². The van der Waals surface area contributed by atoms with E-state index in [2.05, 4.69) is 4.90 Å². The van der Waals surface area contributed by atoms with Gasteiger partial charge in [0.15, 0.2) is 0 Å². The summed E-state index contributed by atoms with van der Waals surface area (Å²) >= 11 is 0. The van der Waals surface area contributed by atoms with Crippen molar-refractivity contribution in [2.24, 2.45) is 0 Å². The van der Waals surface area contributed by atoms with E-state index in [9.17, 15) is 15.3 Å². The highest BCUT2D eigenvalue weighted by atomic mass is 16.3. The number of hydrogen-bond acceptors (Lipinski definition) is 4. The molecule has 0 unspecified atom stereocenters. The van der Waals surface area contributed by atoms with Gasteiger partial charge in [0.05, 0.1) is 6.61 Å². The third-order valence-corrected chi connectivity index (χ3v) is 3.15. The van der Waals surface area contributed by atoms with Gasteiger partial charge in [-0.25, -0.2) is 0 Å². The maximum atomic E-state index is 9.66. The van der Waals surface area contributed by atoms with Gasteiger partial charge in [0, 0.05) is 24.2 Å². The molecule has 1 fully saturated rings. The predicted octanol–water partition coefficient (Wildman–Crippen LogP) is 1.05. The molecule has 4 heteroatoms. The Bertz CT molecular complexity index is 367. The van der Waals surface area contributed by atoms with Crippen molar-refractivity contribution in [3.63, 3.8) is 0 Å². The van der Waals surface area contributed by atoms with Crippen LogP contribution in [0.4, 0.5) is 0 Å². The fourth-order valence-corrected chi connectivity index (χ4v) is 2.21. The molecule has 4 nitrogen and oxygen atoms in total. The van der Waals surface area contributed by atoms with E-state index >= 15 is 0 Å². The number of phenolic OH excluding ortho intramolecular Hbond substituents is 2. The number of aliphatic hydroxyl groups excluding tert-OH is 1. The molecule has 1 aliphatic rings. The highest BCUT2D eigenvalue weighted by molar-refractivity contribution is 5.38. The van der Waals surface area contributed by atoms with Crippen molar-refractivity contribution in [3.8, 4) is 11.5 Å². The molecular weight excluding hydrogens is 206 g/mol. The van der Waals surface area contributed by atoms with Gasteiger partial charge in [0.25, 0.3) is 0 Å². The molecule has 16 heavy (non-hydrogen) atoms. The maximum absolute atomic E-state index is 9.66. The van der Waals surface area contributed by atoms with Crippen molar-refractivity contribution in [2.75, 3.05) is 13.2 Å². The van der Waals surface area contributed by atoms with Crippen molar-refractivity contribution in [1.29, 1.82) is 0 Å². The summed E-state index contributed by atoms with van der Waals surface area (Å²) in [5, 5.41) is 28.0. The molecule has 1 aromatic carbocycles. The van der Waals surface area contributed by atoms with Crippen LogP contribution in [0, 0.1) is 0 Å². The molecule has 2 rings (SSSR count). The van der Waals surface area contributed by atoms with E-state index in [1.807, 2.05) is 0 Å². The SMILES string of the molecule is OC[C@@H]1CCCN1Cc1ccc(O)cc1O. The fourth-order valence-electron chi connectivity index (χ4n) is 2.21. The molecule has 1 aromatic rings. The van der Waals surface area contributed by atoms with Gasteiger partial charge in [-0.2, -0.15) is 0 Å². The number of hydrogen-bond donors (Lipinski definition) is 3. The van der Waals surface area contributed by atoms with Crippen LogP contribution in [0.2, 0.25) is 0 Å². The van der Waals surface area contributed by atoms with E-state index in [-0.39, 0.29) is 24.1 Å². The molecule has 0 spiro atoms. The van der Waals surface area contributed by atoms with Gasteiger partial charge in [-0.1, -0.05) is 6.07 Å². The van der Waals surface area contributed by atoms with Crippen LogP contribution in [-0.2, 0) is 6.54 Å². The standard InChI is InChI=1S/C12H17NO3/c14-8-10-2-1-5-13(10)7-9-3-4-11(15)6-12(9)16/h3-4,6,10,14-16H,1-2,5,7-8H2/t10-/m0/s1. The van der Waals surface area contributed by atoms with E-state index in [1.54, 1.807) is 12.1 Å². The number of benzene rings is 1. The smallest absolute Gasteiger partial charge is 0.123 e. The first-order valence-electron chi connectivity index (χ1n) is 5.56. The van der Waals surface area contributed by atoms with Gasteiger partial charge >= 0.3 is 0 Å². The van der Waals surface area contributed by atoms with Gasteiger partial charge in [0.2, 0.25) is 0 Å². The monoisotopic (exact) mass is 223 g/mol. The number of rotatable bonds is 3. The summed E-state index contributed by atoms with van der Waals surface area (Å²) in [5.74, 6) is 0.185. The van der Waals surface area contributed by atoms with Crippen LogP contribution in [0.25, 0.3) is 0 Å². The van der Waals surface area contributed by atoms with Crippen molar-refractivity contribution >= 4 is 0 Å². The van der Waals surface area contributed by atoms with E-state index in [0.29, 0.717) is 6.54 Å². The highest BCUT2D eigenvalue weighted by Crippen LogP contribution is 2.26. The zero-order valence-corrected chi connectivity index (χ0v) is 9.13. The Balaban J connectivity index is 2.08. The molecule has 1 aliphatic heterocycles. The molecule has 0 saturated carbocycles. The van der Waals surface area contributed by atoms with Gasteiger partial charge in [0.1, 0.15) is 11.5 Å². The third-order valence-electron chi connectivity index (χ3n) is 3.15. The molecule has 1 atom stereocenters. The summed E-state index contributed by atoms with van der Waals surface area (Å²) in [6.45, 7) is 1.74. The van der Waals surface area contributed by atoms with Crippen LogP contribution in [0.1, 0.15) is 18.4 Å². The van der Waals surface area contributed by atoms with Crippen molar-refractivity contribution in [1.82, 2.24) is 4.90 Å². The lowest BCUT2D eigenvalue weighted by atomic mass is 10.1. The molecule has 0 amide bonds. The average Bonchev–Trinajstić information content (AvgIpc) is 2.69. The number of phenols is 2. The quantitative estimate of drug-likeness (QED) is 0.717. The zero-order valence-electron chi connectivity index (χ0n) is 9.13.